The molecule has 76 valence electrons. The Morgan fingerprint density at radius 3 is 2.77 bits per heavy atom. The molecule has 0 aromatic rings. The number of amides is 1. The molecule has 4 heteroatoms. The Balaban J connectivity index is 2.31. The molecule has 2 unspecified atom stereocenters. The molecular formula is C9H17NO3. The van der Waals surface area contributed by atoms with Crippen LogP contribution in [0.5, 0.6) is 0 Å². The first-order chi connectivity index (χ1) is 6.11. The SMILES string of the molecule is CC(O)C(C)NC(=O)[C@H]1CCCO1. The molecule has 1 amide bonds. The lowest BCUT2D eigenvalue weighted by Crippen LogP contribution is -2.44. The Labute approximate surface area is 78.3 Å². The Morgan fingerprint density at radius 1 is 1.62 bits per heavy atom. The molecule has 1 fully saturated rings. The first kappa shape index (κ1) is 10.5. The highest BCUT2D eigenvalue weighted by atomic mass is 16.5. The van der Waals surface area contributed by atoms with Crippen molar-refractivity contribution in [1.82, 2.24) is 5.32 Å². The number of rotatable bonds is 3. The van der Waals surface area contributed by atoms with E-state index in [1.807, 2.05) is 0 Å². The van der Waals surface area contributed by atoms with E-state index >= 15 is 0 Å². The molecule has 0 aromatic carbocycles. The van der Waals surface area contributed by atoms with Gasteiger partial charge in [-0.25, -0.2) is 0 Å². The van der Waals surface area contributed by atoms with Crippen molar-refractivity contribution >= 4 is 5.91 Å². The van der Waals surface area contributed by atoms with Crippen LogP contribution >= 0.6 is 0 Å². The third-order valence-corrected chi connectivity index (χ3v) is 2.32. The van der Waals surface area contributed by atoms with E-state index in [0.717, 1.165) is 12.8 Å². The summed E-state index contributed by atoms with van der Waals surface area (Å²) >= 11 is 0. The van der Waals surface area contributed by atoms with Crippen molar-refractivity contribution in [3.8, 4) is 0 Å². The van der Waals surface area contributed by atoms with Gasteiger partial charge in [0.1, 0.15) is 6.10 Å². The average Bonchev–Trinajstić information content (AvgIpc) is 2.55. The van der Waals surface area contributed by atoms with Gasteiger partial charge >= 0.3 is 0 Å². The summed E-state index contributed by atoms with van der Waals surface area (Å²) in [6.07, 6.45) is 0.908. The van der Waals surface area contributed by atoms with Gasteiger partial charge in [-0.05, 0) is 26.7 Å². The van der Waals surface area contributed by atoms with Crippen molar-refractivity contribution in [3.05, 3.63) is 0 Å². The van der Waals surface area contributed by atoms with E-state index in [-0.39, 0.29) is 18.1 Å². The van der Waals surface area contributed by atoms with Gasteiger partial charge in [-0.1, -0.05) is 0 Å². The number of hydrogen-bond donors (Lipinski definition) is 2. The van der Waals surface area contributed by atoms with Gasteiger partial charge < -0.3 is 15.2 Å². The first-order valence-corrected chi connectivity index (χ1v) is 4.71. The zero-order chi connectivity index (χ0) is 9.84. The predicted molar refractivity (Wildman–Crippen MR) is 48.3 cm³/mol. The first-order valence-electron chi connectivity index (χ1n) is 4.71. The standard InChI is InChI=1S/C9H17NO3/c1-6(7(2)11)10-9(12)8-4-3-5-13-8/h6-8,11H,3-5H2,1-2H3,(H,10,12)/t6?,7?,8-/m1/s1. The molecule has 1 aliphatic rings. The molecule has 1 heterocycles. The van der Waals surface area contributed by atoms with Gasteiger partial charge in [0.15, 0.2) is 0 Å². The molecule has 0 radical (unpaired) electrons. The predicted octanol–water partition coefficient (Wildman–Crippen LogP) is 0.0509. The highest BCUT2D eigenvalue weighted by Crippen LogP contribution is 2.12. The summed E-state index contributed by atoms with van der Waals surface area (Å²) in [5.74, 6) is -0.106. The van der Waals surface area contributed by atoms with Crippen molar-refractivity contribution in [1.29, 1.82) is 0 Å². The number of hydrogen-bond acceptors (Lipinski definition) is 3. The molecule has 1 aliphatic heterocycles. The molecule has 13 heavy (non-hydrogen) atoms. The second-order valence-electron chi connectivity index (χ2n) is 3.54. The summed E-state index contributed by atoms with van der Waals surface area (Å²) in [5.41, 5.74) is 0. The van der Waals surface area contributed by atoms with E-state index in [4.69, 9.17) is 9.84 Å². The van der Waals surface area contributed by atoms with Crippen LogP contribution in [0.4, 0.5) is 0 Å². The molecule has 0 spiro atoms. The van der Waals surface area contributed by atoms with Crippen LogP contribution in [0.1, 0.15) is 26.7 Å². The average molecular weight is 187 g/mol. The van der Waals surface area contributed by atoms with Gasteiger partial charge in [-0.2, -0.15) is 0 Å². The summed E-state index contributed by atoms with van der Waals surface area (Å²) < 4.78 is 5.20. The zero-order valence-corrected chi connectivity index (χ0v) is 8.12. The van der Waals surface area contributed by atoms with Crippen molar-refractivity contribution in [2.24, 2.45) is 0 Å². The Morgan fingerprint density at radius 2 is 2.31 bits per heavy atom. The smallest absolute Gasteiger partial charge is 0.249 e. The fourth-order valence-electron chi connectivity index (χ4n) is 1.22. The van der Waals surface area contributed by atoms with Crippen molar-refractivity contribution in [2.45, 2.75) is 44.9 Å². The minimum absolute atomic E-state index is 0.106. The minimum atomic E-state index is -0.523. The van der Waals surface area contributed by atoms with Crippen molar-refractivity contribution in [2.75, 3.05) is 6.61 Å². The maximum atomic E-state index is 11.4. The number of carbonyl (C=O) groups is 1. The second kappa shape index (κ2) is 4.58. The highest BCUT2D eigenvalue weighted by molar-refractivity contribution is 5.81. The number of aliphatic hydroxyl groups excluding tert-OH is 1. The van der Waals surface area contributed by atoms with Gasteiger partial charge in [0.25, 0.3) is 0 Å². The van der Waals surface area contributed by atoms with Gasteiger partial charge in [0.05, 0.1) is 12.1 Å². The van der Waals surface area contributed by atoms with Crippen molar-refractivity contribution in [3.63, 3.8) is 0 Å². The van der Waals surface area contributed by atoms with Crippen LogP contribution in [0.3, 0.4) is 0 Å². The molecule has 0 aliphatic carbocycles. The molecule has 1 rings (SSSR count). The zero-order valence-electron chi connectivity index (χ0n) is 8.12. The van der Waals surface area contributed by atoms with E-state index in [1.54, 1.807) is 13.8 Å². The molecule has 2 N–H and O–H groups in total. The molecule has 0 aromatic heterocycles. The van der Waals surface area contributed by atoms with E-state index in [0.29, 0.717) is 6.61 Å². The number of ether oxygens (including phenoxy) is 1. The van der Waals surface area contributed by atoms with Gasteiger partial charge in [0.2, 0.25) is 5.91 Å². The largest absolute Gasteiger partial charge is 0.391 e. The lowest BCUT2D eigenvalue weighted by Gasteiger charge is -2.18. The summed E-state index contributed by atoms with van der Waals surface area (Å²) in [6.45, 7) is 4.10. The topological polar surface area (TPSA) is 58.6 Å². The van der Waals surface area contributed by atoms with E-state index < -0.39 is 6.10 Å². The van der Waals surface area contributed by atoms with E-state index in [1.165, 1.54) is 0 Å². The van der Waals surface area contributed by atoms with Crippen LogP contribution in [0.25, 0.3) is 0 Å². The number of carbonyl (C=O) groups excluding carboxylic acids is 1. The fraction of sp³-hybridized carbons (Fsp3) is 0.889. The summed E-state index contributed by atoms with van der Waals surface area (Å²) in [6, 6.07) is -0.211. The lowest BCUT2D eigenvalue weighted by atomic mass is 10.2. The van der Waals surface area contributed by atoms with Gasteiger partial charge in [-0.15, -0.1) is 0 Å². The number of aliphatic hydroxyl groups is 1. The van der Waals surface area contributed by atoms with Crippen LogP contribution in [0, 0.1) is 0 Å². The van der Waals surface area contributed by atoms with Crippen LogP contribution < -0.4 is 5.32 Å². The molecule has 0 bridgehead atoms. The Bertz CT molecular complexity index is 176. The van der Waals surface area contributed by atoms with E-state index in [2.05, 4.69) is 5.32 Å². The second-order valence-corrected chi connectivity index (χ2v) is 3.54. The Hall–Kier alpha value is -0.610. The molecule has 4 nitrogen and oxygen atoms in total. The summed E-state index contributed by atoms with van der Waals surface area (Å²) in [5, 5.41) is 11.9. The lowest BCUT2D eigenvalue weighted by molar-refractivity contribution is -0.131. The Kier molecular flexibility index (Phi) is 3.69. The molecule has 1 saturated heterocycles. The van der Waals surface area contributed by atoms with Gasteiger partial charge in [-0.3, -0.25) is 4.79 Å². The molecule has 0 saturated carbocycles. The summed E-state index contributed by atoms with van der Waals surface area (Å²) in [7, 11) is 0. The van der Waals surface area contributed by atoms with E-state index in [9.17, 15) is 4.79 Å². The summed E-state index contributed by atoms with van der Waals surface area (Å²) in [4.78, 5) is 11.4. The van der Waals surface area contributed by atoms with Crippen LogP contribution in [-0.2, 0) is 9.53 Å². The number of nitrogens with one attached hydrogen (secondary N) is 1. The maximum absolute atomic E-state index is 11.4. The van der Waals surface area contributed by atoms with Crippen LogP contribution in [0.2, 0.25) is 0 Å². The maximum Gasteiger partial charge on any atom is 0.249 e. The minimum Gasteiger partial charge on any atom is -0.391 e. The van der Waals surface area contributed by atoms with Crippen molar-refractivity contribution < 1.29 is 14.6 Å². The van der Waals surface area contributed by atoms with Crippen LogP contribution in [-0.4, -0.2) is 35.9 Å². The third-order valence-electron chi connectivity index (χ3n) is 2.32. The van der Waals surface area contributed by atoms with Crippen LogP contribution in [0.15, 0.2) is 0 Å². The molecular weight excluding hydrogens is 170 g/mol. The van der Waals surface area contributed by atoms with Gasteiger partial charge in [0, 0.05) is 6.61 Å². The fourth-order valence-corrected chi connectivity index (χ4v) is 1.22. The normalized spacial score (nSPS) is 26.8. The highest BCUT2D eigenvalue weighted by Gasteiger charge is 2.25. The molecule has 3 atom stereocenters. The third kappa shape index (κ3) is 2.97. The monoisotopic (exact) mass is 187 g/mol. The quantitative estimate of drug-likeness (QED) is 0.656.